The second-order valence-electron chi connectivity index (χ2n) is 3.83. The standard InChI is InChI=1S/C11H17N3O3S/c1-9(2)8-17-6-5-14-18(15,16)10-3-4-11(12)13-7-10/h3-4,7,14H,1,5-6,8H2,2H3,(H2,12,13). The summed E-state index contributed by atoms with van der Waals surface area (Å²) in [6.45, 7) is 6.41. The van der Waals surface area contributed by atoms with Crippen LogP contribution in [0, 0.1) is 0 Å². The van der Waals surface area contributed by atoms with Gasteiger partial charge in [-0.3, -0.25) is 0 Å². The predicted molar refractivity (Wildman–Crippen MR) is 69.5 cm³/mol. The summed E-state index contributed by atoms with van der Waals surface area (Å²) in [5.41, 5.74) is 6.27. The molecule has 0 radical (unpaired) electrons. The molecular formula is C11H17N3O3S. The van der Waals surface area contributed by atoms with Gasteiger partial charge in [-0.15, -0.1) is 0 Å². The van der Waals surface area contributed by atoms with E-state index in [0.717, 1.165) is 5.57 Å². The summed E-state index contributed by atoms with van der Waals surface area (Å²) in [6, 6.07) is 2.84. The normalized spacial score (nSPS) is 11.4. The molecule has 1 aromatic rings. The molecule has 0 aromatic carbocycles. The minimum absolute atomic E-state index is 0.0802. The van der Waals surface area contributed by atoms with Gasteiger partial charge in [0.25, 0.3) is 0 Å². The summed E-state index contributed by atoms with van der Waals surface area (Å²) in [6.07, 6.45) is 1.21. The topological polar surface area (TPSA) is 94.3 Å². The fraction of sp³-hybridized carbons (Fsp3) is 0.364. The molecule has 0 spiro atoms. The molecule has 0 atom stereocenters. The maximum Gasteiger partial charge on any atom is 0.242 e. The highest BCUT2D eigenvalue weighted by atomic mass is 32.2. The van der Waals surface area contributed by atoms with Crippen LogP contribution in [-0.4, -0.2) is 33.2 Å². The smallest absolute Gasteiger partial charge is 0.242 e. The van der Waals surface area contributed by atoms with E-state index in [4.69, 9.17) is 10.5 Å². The first-order valence-corrected chi connectivity index (χ1v) is 6.83. The molecule has 0 aliphatic heterocycles. The molecule has 0 saturated carbocycles. The minimum atomic E-state index is -3.55. The third-order valence-corrected chi connectivity index (χ3v) is 3.40. The lowest BCUT2D eigenvalue weighted by molar-refractivity contribution is 0.162. The van der Waals surface area contributed by atoms with Crippen LogP contribution in [0.5, 0.6) is 0 Å². The Morgan fingerprint density at radius 1 is 1.56 bits per heavy atom. The zero-order valence-corrected chi connectivity index (χ0v) is 11.0. The molecule has 1 rings (SSSR count). The van der Waals surface area contributed by atoms with E-state index < -0.39 is 10.0 Å². The van der Waals surface area contributed by atoms with Crippen LogP contribution in [0.2, 0.25) is 0 Å². The van der Waals surface area contributed by atoms with E-state index in [-0.39, 0.29) is 23.9 Å². The largest absolute Gasteiger partial charge is 0.384 e. The van der Waals surface area contributed by atoms with Crippen LogP contribution in [0.3, 0.4) is 0 Å². The van der Waals surface area contributed by atoms with Crippen LogP contribution in [0.1, 0.15) is 6.92 Å². The van der Waals surface area contributed by atoms with Crippen LogP contribution >= 0.6 is 0 Å². The van der Waals surface area contributed by atoms with E-state index in [9.17, 15) is 8.42 Å². The van der Waals surface area contributed by atoms with Crippen LogP contribution in [0.15, 0.2) is 35.4 Å². The van der Waals surface area contributed by atoms with Crippen molar-refractivity contribution in [3.63, 3.8) is 0 Å². The Morgan fingerprint density at radius 2 is 2.28 bits per heavy atom. The number of nitrogens with one attached hydrogen (secondary N) is 1. The first kappa shape index (κ1) is 14.6. The Morgan fingerprint density at radius 3 is 2.83 bits per heavy atom. The molecule has 1 aromatic heterocycles. The van der Waals surface area contributed by atoms with Gasteiger partial charge in [0, 0.05) is 12.7 Å². The van der Waals surface area contributed by atoms with Gasteiger partial charge in [-0.1, -0.05) is 12.2 Å². The van der Waals surface area contributed by atoms with Crippen LogP contribution < -0.4 is 10.5 Å². The van der Waals surface area contributed by atoms with Crippen molar-refractivity contribution in [1.29, 1.82) is 0 Å². The Balaban J connectivity index is 2.45. The SMILES string of the molecule is C=C(C)COCCNS(=O)(=O)c1ccc(N)nc1. The van der Waals surface area contributed by atoms with Gasteiger partial charge in [-0.25, -0.2) is 18.1 Å². The van der Waals surface area contributed by atoms with Gasteiger partial charge in [0.1, 0.15) is 10.7 Å². The molecule has 7 heteroatoms. The van der Waals surface area contributed by atoms with Gasteiger partial charge in [0.05, 0.1) is 13.2 Å². The number of aromatic nitrogens is 1. The summed E-state index contributed by atoms with van der Waals surface area (Å²) < 4.78 is 31.1. The van der Waals surface area contributed by atoms with E-state index in [0.29, 0.717) is 6.61 Å². The Bertz CT molecular complexity index is 497. The van der Waals surface area contributed by atoms with Gasteiger partial charge < -0.3 is 10.5 Å². The van der Waals surface area contributed by atoms with Gasteiger partial charge in [-0.2, -0.15) is 0 Å². The van der Waals surface area contributed by atoms with E-state index in [1.54, 1.807) is 0 Å². The first-order valence-electron chi connectivity index (χ1n) is 5.35. The van der Waals surface area contributed by atoms with Crippen LogP contribution in [-0.2, 0) is 14.8 Å². The number of nitrogen functional groups attached to an aromatic ring is 1. The molecule has 3 N–H and O–H groups in total. The van der Waals surface area contributed by atoms with Crippen molar-refractivity contribution >= 4 is 15.8 Å². The number of nitrogens with two attached hydrogens (primary N) is 1. The lowest BCUT2D eigenvalue weighted by Gasteiger charge is -2.07. The number of anilines is 1. The predicted octanol–water partition coefficient (Wildman–Crippen LogP) is 0.535. The van der Waals surface area contributed by atoms with Gasteiger partial charge >= 0.3 is 0 Å². The van der Waals surface area contributed by atoms with Crippen molar-refractivity contribution in [2.24, 2.45) is 0 Å². The monoisotopic (exact) mass is 271 g/mol. The summed E-state index contributed by atoms with van der Waals surface area (Å²) in [5, 5.41) is 0. The molecule has 0 bridgehead atoms. The number of sulfonamides is 1. The highest BCUT2D eigenvalue weighted by Crippen LogP contribution is 2.07. The molecule has 0 fully saturated rings. The maximum absolute atomic E-state index is 11.8. The third kappa shape index (κ3) is 4.82. The Hall–Kier alpha value is -1.44. The number of hydrogen-bond acceptors (Lipinski definition) is 5. The average molecular weight is 271 g/mol. The highest BCUT2D eigenvalue weighted by Gasteiger charge is 2.13. The van der Waals surface area contributed by atoms with Crippen molar-refractivity contribution in [3.8, 4) is 0 Å². The van der Waals surface area contributed by atoms with Gasteiger partial charge in [-0.05, 0) is 19.1 Å². The number of ether oxygens (including phenoxy) is 1. The first-order chi connectivity index (χ1) is 8.42. The lowest BCUT2D eigenvalue weighted by atomic mass is 10.4. The molecule has 0 aliphatic rings. The Kier molecular flexibility index (Phi) is 5.26. The number of pyridine rings is 1. The third-order valence-electron chi connectivity index (χ3n) is 1.96. The van der Waals surface area contributed by atoms with E-state index in [2.05, 4.69) is 16.3 Å². The second-order valence-corrected chi connectivity index (χ2v) is 5.59. The summed E-state index contributed by atoms with van der Waals surface area (Å²) in [4.78, 5) is 3.81. The molecule has 100 valence electrons. The van der Waals surface area contributed by atoms with Crippen molar-refractivity contribution < 1.29 is 13.2 Å². The zero-order chi connectivity index (χ0) is 13.6. The van der Waals surface area contributed by atoms with E-state index in [1.807, 2.05) is 6.92 Å². The van der Waals surface area contributed by atoms with Crippen molar-refractivity contribution in [2.75, 3.05) is 25.5 Å². The molecule has 18 heavy (non-hydrogen) atoms. The highest BCUT2D eigenvalue weighted by molar-refractivity contribution is 7.89. The van der Waals surface area contributed by atoms with E-state index >= 15 is 0 Å². The van der Waals surface area contributed by atoms with Crippen molar-refractivity contribution in [3.05, 3.63) is 30.5 Å². The fourth-order valence-corrected chi connectivity index (χ4v) is 2.09. The molecule has 0 amide bonds. The average Bonchev–Trinajstić information content (AvgIpc) is 2.28. The number of nitrogens with zero attached hydrogens (tertiary/aromatic N) is 1. The quantitative estimate of drug-likeness (QED) is 0.557. The fourth-order valence-electron chi connectivity index (χ4n) is 1.13. The molecule has 0 unspecified atom stereocenters. The molecule has 0 saturated heterocycles. The van der Waals surface area contributed by atoms with E-state index in [1.165, 1.54) is 18.3 Å². The second kappa shape index (κ2) is 6.48. The zero-order valence-electron chi connectivity index (χ0n) is 10.2. The Labute approximate surface area is 107 Å². The van der Waals surface area contributed by atoms with Crippen molar-refractivity contribution in [1.82, 2.24) is 9.71 Å². The molecule has 6 nitrogen and oxygen atoms in total. The number of rotatable bonds is 7. The summed E-state index contributed by atoms with van der Waals surface area (Å²) >= 11 is 0. The summed E-state index contributed by atoms with van der Waals surface area (Å²) in [5.74, 6) is 0.277. The number of hydrogen-bond donors (Lipinski definition) is 2. The van der Waals surface area contributed by atoms with Crippen LogP contribution in [0.25, 0.3) is 0 Å². The lowest BCUT2D eigenvalue weighted by Crippen LogP contribution is -2.27. The van der Waals surface area contributed by atoms with Crippen molar-refractivity contribution in [2.45, 2.75) is 11.8 Å². The molecule has 1 heterocycles. The van der Waals surface area contributed by atoms with Gasteiger partial charge in [0.15, 0.2) is 0 Å². The maximum atomic E-state index is 11.8. The molecular weight excluding hydrogens is 254 g/mol. The minimum Gasteiger partial charge on any atom is -0.384 e. The summed E-state index contributed by atoms with van der Waals surface area (Å²) in [7, 11) is -3.55. The van der Waals surface area contributed by atoms with Crippen LogP contribution in [0.4, 0.5) is 5.82 Å². The van der Waals surface area contributed by atoms with Gasteiger partial charge in [0.2, 0.25) is 10.0 Å². The molecule has 0 aliphatic carbocycles.